The van der Waals surface area contributed by atoms with Gasteiger partial charge in [-0.05, 0) is 53.6 Å². The minimum absolute atomic E-state index is 0.282. The minimum Gasteiger partial charge on any atom is -0.497 e. The molecule has 6 nitrogen and oxygen atoms in total. The van der Waals surface area contributed by atoms with E-state index in [9.17, 15) is 14.4 Å². The lowest BCUT2D eigenvalue weighted by Gasteiger charge is -2.17. The predicted molar refractivity (Wildman–Crippen MR) is 134 cm³/mol. The molecule has 0 aliphatic rings. The fourth-order valence-electron chi connectivity index (χ4n) is 3.68. The van der Waals surface area contributed by atoms with Crippen LogP contribution in [0.2, 0.25) is 0 Å². The number of rotatable bonds is 9. The Balaban J connectivity index is 1.39. The Morgan fingerprint density at radius 3 is 1.86 bits per heavy atom. The quantitative estimate of drug-likeness (QED) is 0.180. The third-order valence-corrected chi connectivity index (χ3v) is 5.54. The summed E-state index contributed by atoms with van der Waals surface area (Å²) in [5, 5.41) is 0. The standard InChI is InChI=1S/C30H24O6/c1-34-26-14-8-13-24(19-26)29(32)36-25-17-15-21(16-18-25)27(31)20-35-30(33)28(22-9-4-2-5-10-22)23-11-6-3-7-12-23/h2-19,28H,20H2,1H3. The van der Waals surface area contributed by atoms with Crippen LogP contribution in [0.5, 0.6) is 11.5 Å². The second-order valence-corrected chi connectivity index (χ2v) is 7.93. The number of hydrogen-bond donors (Lipinski definition) is 0. The first-order valence-corrected chi connectivity index (χ1v) is 11.3. The summed E-state index contributed by atoms with van der Waals surface area (Å²) in [7, 11) is 1.51. The van der Waals surface area contributed by atoms with Gasteiger partial charge in [-0.2, -0.15) is 0 Å². The maximum absolute atomic E-state index is 13.0. The van der Waals surface area contributed by atoms with Crippen LogP contribution < -0.4 is 9.47 Å². The number of methoxy groups -OCH3 is 1. The largest absolute Gasteiger partial charge is 0.497 e. The molecule has 6 heteroatoms. The molecule has 0 N–H and O–H groups in total. The van der Waals surface area contributed by atoms with Gasteiger partial charge in [-0.25, -0.2) is 4.79 Å². The zero-order chi connectivity index (χ0) is 25.3. The summed E-state index contributed by atoms with van der Waals surface area (Å²) in [5.74, 6) is -1.24. The van der Waals surface area contributed by atoms with Crippen molar-refractivity contribution < 1.29 is 28.6 Å². The number of esters is 2. The number of benzene rings is 4. The molecule has 4 rings (SSSR count). The predicted octanol–water partition coefficient (Wildman–Crippen LogP) is 5.47. The van der Waals surface area contributed by atoms with Crippen LogP contribution in [-0.2, 0) is 9.53 Å². The number of carbonyl (C=O) groups excluding carboxylic acids is 3. The molecule has 4 aromatic rings. The lowest BCUT2D eigenvalue weighted by molar-refractivity contribution is -0.143. The van der Waals surface area contributed by atoms with Crippen molar-refractivity contribution in [3.05, 3.63) is 131 Å². The van der Waals surface area contributed by atoms with Gasteiger partial charge in [-0.15, -0.1) is 0 Å². The van der Waals surface area contributed by atoms with Crippen LogP contribution in [0, 0.1) is 0 Å². The molecule has 0 aliphatic carbocycles. The molecular weight excluding hydrogens is 456 g/mol. The van der Waals surface area contributed by atoms with Crippen molar-refractivity contribution in [2.24, 2.45) is 0 Å². The molecular formula is C30H24O6. The molecule has 0 amide bonds. The highest BCUT2D eigenvalue weighted by molar-refractivity contribution is 5.98. The molecule has 0 bridgehead atoms. The van der Waals surface area contributed by atoms with Crippen molar-refractivity contribution in [3.63, 3.8) is 0 Å². The average molecular weight is 481 g/mol. The number of ketones is 1. The van der Waals surface area contributed by atoms with Gasteiger partial charge in [0.05, 0.1) is 12.7 Å². The Morgan fingerprint density at radius 1 is 0.667 bits per heavy atom. The lowest BCUT2D eigenvalue weighted by Crippen LogP contribution is -2.21. The molecule has 0 atom stereocenters. The van der Waals surface area contributed by atoms with Crippen molar-refractivity contribution in [3.8, 4) is 11.5 Å². The van der Waals surface area contributed by atoms with Gasteiger partial charge in [0, 0.05) is 5.56 Å². The van der Waals surface area contributed by atoms with Crippen LogP contribution in [0.3, 0.4) is 0 Å². The summed E-state index contributed by atoms with van der Waals surface area (Å²) in [6.45, 7) is -0.405. The van der Waals surface area contributed by atoms with E-state index in [0.717, 1.165) is 11.1 Å². The zero-order valence-corrected chi connectivity index (χ0v) is 19.6. The second kappa shape index (κ2) is 11.6. The molecule has 0 spiro atoms. The molecule has 180 valence electrons. The highest BCUT2D eigenvalue weighted by Gasteiger charge is 2.25. The summed E-state index contributed by atoms with van der Waals surface area (Å²) < 4.78 is 15.9. The van der Waals surface area contributed by atoms with E-state index in [1.165, 1.54) is 31.4 Å². The van der Waals surface area contributed by atoms with Crippen LogP contribution in [0.4, 0.5) is 0 Å². The minimum atomic E-state index is -0.640. The van der Waals surface area contributed by atoms with Gasteiger partial charge in [0.25, 0.3) is 0 Å². The van der Waals surface area contributed by atoms with E-state index in [4.69, 9.17) is 14.2 Å². The van der Waals surface area contributed by atoms with Crippen LogP contribution in [0.25, 0.3) is 0 Å². The Hall–Kier alpha value is -4.71. The summed E-state index contributed by atoms with van der Waals surface area (Å²) in [5.41, 5.74) is 2.24. The average Bonchev–Trinajstić information content (AvgIpc) is 2.93. The van der Waals surface area contributed by atoms with Gasteiger partial charge in [0.2, 0.25) is 0 Å². The van der Waals surface area contributed by atoms with Gasteiger partial charge in [-0.1, -0.05) is 66.7 Å². The van der Waals surface area contributed by atoms with Crippen molar-refractivity contribution in [2.75, 3.05) is 13.7 Å². The van der Waals surface area contributed by atoms with Crippen LogP contribution >= 0.6 is 0 Å². The van der Waals surface area contributed by atoms with Gasteiger partial charge in [0.1, 0.15) is 17.4 Å². The van der Waals surface area contributed by atoms with Crippen molar-refractivity contribution in [1.29, 1.82) is 0 Å². The van der Waals surface area contributed by atoms with E-state index < -0.39 is 24.5 Å². The third-order valence-electron chi connectivity index (χ3n) is 5.54. The molecule has 36 heavy (non-hydrogen) atoms. The van der Waals surface area contributed by atoms with E-state index in [-0.39, 0.29) is 11.5 Å². The number of hydrogen-bond acceptors (Lipinski definition) is 6. The highest BCUT2D eigenvalue weighted by atomic mass is 16.5. The summed E-state index contributed by atoms with van der Waals surface area (Å²) in [6, 6.07) is 31.3. The normalized spacial score (nSPS) is 10.5. The maximum atomic E-state index is 13.0. The van der Waals surface area contributed by atoms with Crippen LogP contribution in [-0.4, -0.2) is 31.4 Å². The number of Topliss-reactive ketones (excluding diaryl/α,β-unsaturated/α-hetero) is 1. The van der Waals surface area contributed by atoms with Gasteiger partial charge in [0.15, 0.2) is 12.4 Å². The molecule has 0 saturated heterocycles. The molecule has 0 radical (unpaired) electrons. The molecule has 0 saturated carbocycles. The monoisotopic (exact) mass is 480 g/mol. The highest BCUT2D eigenvalue weighted by Crippen LogP contribution is 2.26. The molecule has 0 heterocycles. The molecule has 0 unspecified atom stereocenters. The Labute approximate surface area is 209 Å². The van der Waals surface area contributed by atoms with Crippen molar-refractivity contribution >= 4 is 17.7 Å². The van der Waals surface area contributed by atoms with Gasteiger partial charge < -0.3 is 14.2 Å². The first-order chi connectivity index (χ1) is 17.5. The van der Waals surface area contributed by atoms with Gasteiger partial charge >= 0.3 is 11.9 Å². The SMILES string of the molecule is COc1cccc(C(=O)Oc2ccc(C(=O)COC(=O)C(c3ccccc3)c3ccccc3)cc2)c1. The van der Waals surface area contributed by atoms with E-state index in [2.05, 4.69) is 0 Å². The van der Waals surface area contributed by atoms with Crippen LogP contribution in [0.1, 0.15) is 37.8 Å². The van der Waals surface area contributed by atoms with Gasteiger partial charge in [-0.3, -0.25) is 9.59 Å². The Kier molecular flexibility index (Phi) is 7.88. The van der Waals surface area contributed by atoms with Crippen molar-refractivity contribution in [1.82, 2.24) is 0 Å². The fourth-order valence-corrected chi connectivity index (χ4v) is 3.68. The topological polar surface area (TPSA) is 78.9 Å². The lowest BCUT2D eigenvalue weighted by atomic mass is 9.91. The molecule has 4 aromatic carbocycles. The Morgan fingerprint density at radius 2 is 1.28 bits per heavy atom. The van der Waals surface area contributed by atoms with Crippen molar-refractivity contribution in [2.45, 2.75) is 5.92 Å². The molecule has 0 fully saturated rings. The Bertz CT molecular complexity index is 1290. The first kappa shape index (κ1) is 24.4. The van der Waals surface area contributed by atoms with E-state index in [1.807, 2.05) is 60.7 Å². The summed E-state index contributed by atoms with van der Waals surface area (Å²) >= 11 is 0. The summed E-state index contributed by atoms with van der Waals surface area (Å²) in [4.78, 5) is 38.0. The maximum Gasteiger partial charge on any atom is 0.343 e. The number of carbonyl (C=O) groups is 3. The second-order valence-electron chi connectivity index (χ2n) is 7.93. The first-order valence-electron chi connectivity index (χ1n) is 11.3. The smallest absolute Gasteiger partial charge is 0.343 e. The van der Waals surface area contributed by atoms with Crippen LogP contribution in [0.15, 0.2) is 109 Å². The fraction of sp³-hybridized carbons (Fsp3) is 0.100. The van der Waals surface area contributed by atoms with E-state index in [1.54, 1.807) is 24.3 Å². The zero-order valence-electron chi connectivity index (χ0n) is 19.6. The summed E-state index contributed by atoms with van der Waals surface area (Å²) in [6.07, 6.45) is 0. The number of ether oxygens (including phenoxy) is 3. The van der Waals surface area contributed by atoms with E-state index >= 15 is 0 Å². The molecule has 0 aromatic heterocycles. The molecule has 0 aliphatic heterocycles. The van der Waals surface area contributed by atoms with E-state index in [0.29, 0.717) is 16.9 Å². The third kappa shape index (κ3) is 6.04.